The van der Waals surface area contributed by atoms with Gasteiger partial charge in [-0.15, -0.1) is 4.67 Å². The minimum atomic E-state index is -4.58. The maximum atomic E-state index is 11.1. The Hall–Kier alpha value is -0.0000000000000000555. The summed E-state index contributed by atoms with van der Waals surface area (Å²) in [5.74, 6) is 0. The predicted octanol–water partition coefficient (Wildman–Crippen LogP) is -0.00320. The van der Waals surface area contributed by atoms with Crippen molar-refractivity contribution in [3.05, 3.63) is 0 Å². The number of halogens is 1. The second kappa shape index (κ2) is 3.92. The molecule has 0 aliphatic carbocycles. The first kappa shape index (κ1) is 9.00. The Morgan fingerprint density at radius 3 is 2.44 bits per heavy atom. The average molecular weight is 160 g/mol. The van der Waals surface area contributed by atoms with Gasteiger partial charge in [-0.3, -0.25) is 0 Å². The normalized spacial score (nSPS) is 11.9. The summed E-state index contributed by atoms with van der Waals surface area (Å²) in [6.45, 7) is -1.33. The van der Waals surface area contributed by atoms with Crippen LogP contribution in [0.15, 0.2) is 0 Å². The van der Waals surface area contributed by atoms with Crippen molar-refractivity contribution in [1.29, 1.82) is 0 Å². The molecule has 0 rings (SSSR count). The van der Waals surface area contributed by atoms with E-state index in [0.717, 1.165) is 0 Å². The molecule has 7 heteroatoms. The van der Waals surface area contributed by atoms with Gasteiger partial charge in [0.2, 0.25) is 0 Å². The van der Waals surface area contributed by atoms with Crippen LogP contribution >= 0.6 is 7.82 Å². The van der Waals surface area contributed by atoms with Crippen molar-refractivity contribution >= 4 is 7.82 Å². The summed E-state index contributed by atoms with van der Waals surface area (Å²) in [6, 6.07) is 0. The molecule has 0 bridgehead atoms. The number of hydrogen-bond donors (Lipinski definition) is 2. The Kier molecular flexibility index (Phi) is 3.92. The Morgan fingerprint density at radius 2 is 2.11 bits per heavy atom. The molecule has 0 radical (unpaired) electrons. The molecule has 0 atom stereocenters. The molecule has 0 fully saturated rings. The van der Waals surface area contributed by atoms with Gasteiger partial charge in [0.25, 0.3) is 0 Å². The zero-order chi connectivity index (χ0) is 7.33. The Labute approximate surface area is 50.6 Å². The summed E-state index contributed by atoms with van der Waals surface area (Å²) >= 11 is 0. The molecule has 0 aliphatic heterocycles. The van der Waals surface area contributed by atoms with Crippen molar-refractivity contribution in [3.63, 3.8) is 0 Å². The van der Waals surface area contributed by atoms with E-state index in [1.54, 1.807) is 0 Å². The molecule has 2 N–H and O–H groups in total. The summed E-state index contributed by atoms with van der Waals surface area (Å²) in [7, 11) is -4.58. The second-order valence-electron chi connectivity index (χ2n) is 1.08. The molecular weight excluding hydrogens is 154 g/mol. The molecule has 0 aliphatic rings. The highest BCUT2D eigenvalue weighted by Crippen LogP contribution is 2.35. The molecular formula is C2H6FO5P. The fourth-order valence-electron chi connectivity index (χ4n) is 0.137. The molecule has 0 saturated carbocycles. The maximum absolute atomic E-state index is 11.1. The van der Waals surface area contributed by atoms with Gasteiger partial charge in [0.15, 0.2) is 0 Å². The maximum Gasteiger partial charge on any atom is 0.496 e. The quantitative estimate of drug-likeness (QED) is 0.262. The molecule has 0 aromatic heterocycles. The third kappa shape index (κ3) is 8.00. The topological polar surface area (TPSA) is 76.0 Å². The van der Waals surface area contributed by atoms with Gasteiger partial charge in [-0.05, 0) is 0 Å². The smallest absolute Gasteiger partial charge is 0.301 e. The zero-order valence-electron chi connectivity index (χ0n) is 4.36. The van der Waals surface area contributed by atoms with E-state index in [0.29, 0.717) is 0 Å². The number of phosphoric acid groups is 1. The van der Waals surface area contributed by atoms with E-state index < -0.39 is 21.1 Å². The van der Waals surface area contributed by atoms with E-state index in [1.165, 1.54) is 0 Å². The van der Waals surface area contributed by atoms with Crippen molar-refractivity contribution in [1.82, 2.24) is 0 Å². The highest BCUT2D eigenvalue weighted by atomic mass is 31.2. The van der Waals surface area contributed by atoms with Crippen LogP contribution in [0.1, 0.15) is 0 Å². The SMILES string of the molecule is O=P(O)(O)OOCCF. The number of alkyl halides is 1. The zero-order valence-corrected chi connectivity index (χ0v) is 5.25. The summed E-state index contributed by atoms with van der Waals surface area (Å²) in [4.78, 5) is 19.5. The van der Waals surface area contributed by atoms with E-state index in [4.69, 9.17) is 9.79 Å². The van der Waals surface area contributed by atoms with Gasteiger partial charge in [-0.25, -0.2) is 13.8 Å². The third-order valence-corrected chi connectivity index (χ3v) is 0.610. The lowest BCUT2D eigenvalue weighted by atomic mass is 10.8. The minimum Gasteiger partial charge on any atom is -0.301 e. The monoisotopic (exact) mass is 160 g/mol. The summed E-state index contributed by atoms with van der Waals surface area (Å²) in [5, 5.41) is 0. The molecule has 0 spiro atoms. The van der Waals surface area contributed by atoms with Crippen LogP contribution in [0, 0.1) is 0 Å². The van der Waals surface area contributed by atoms with Gasteiger partial charge < -0.3 is 9.79 Å². The van der Waals surface area contributed by atoms with Crippen LogP contribution < -0.4 is 0 Å². The molecule has 56 valence electrons. The van der Waals surface area contributed by atoms with Gasteiger partial charge in [-0.2, -0.15) is 0 Å². The van der Waals surface area contributed by atoms with Gasteiger partial charge >= 0.3 is 7.82 Å². The lowest BCUT2D eigenvalue weighted by molar-refractivity contribution is -0.223. The summed E-state index contributed by atoms with van der Waals surface area (Å²) in [5.41, 5.74) is 0. The van der Waals surface area contributed by atoms with E-state index in [1.807, 2.05) is 0 Å². The van der Waals surface area contributed by atoms with Gasteiger partial charge in [0.05, 0.1) is 0 Å². The summed E-state index contributed by atoms with van der Waals surface area (Å²) < 4.78 is 24.2. The van der Waals surface area contributed by atoms with Crippen molar-refractivity contribution in [2.24, 2.45) is 0 Å². The van der Waals surface area contributed by atoms with Crippen LogP contribution in [0.2, 0.25) is 0 Å². The van der Waals surface area contributed by atoms with Crippen molar-refractivity contribution < 1.29 is 28.3 Å². The first-order valence-corrected chi connectivity index (χ1v) is 3.52. The highest BCUT2D eigenvalue weighted by molar-refractivity contribution is 7.46. The van der Waals surface area contributed by atoms with Gasteiger partial charge in [0, 0.05) is 0 Å². The minimum absolute atomic E-state index is 0.481. The number of hydrogen-bond acceptors (Lipinski definition) is 3. The van der Waals surface area contributed by atoms with E-state index in [-0.39, 0.29) is 0 Å². The fourth-order valence-corrected chi connectivity index (χ4v) is 0.349. The highest BCUT2D eigenvalue weighted by Gasteiger charge is 2.14. The molecule has 0 heterocycles. The molecule has 5 nitrogen and oxygen atoms in total. The summed E-state index contributed by atoms with van der Waals surface area (Å²) in [6.07, 6.45) is 0. The van der Waals surface area contributed by atoms with Gasteiger partial charge in [0.1, 0.15) is 13.3 Å². The lowest BCUT2D eigenvalue weighted by Gasteiger charge is -2.00. The second-order valence-corrected chi connectivity index (χ2v) is 2.21. The van der Waals surface area contributed by atoms with Crippen LogP contribution in [0.25, 0.3) is 0 Å². The Balaban J connectivity index is 3.18. The Morgan fingerprint density at radius 1 is 1.56 bits per heavy atom. The Bertz CT molecular complexity index is 110. The lowest BCUT2D eigenvalue weighted by Crippen LogP contribution is -1.95. The molecule has 0 aromatic carbocycles. The largest absolute Gasteiger partial charge is 0.496 e. The molecule has 0 unspecified atom stereocenters. The van der Waals surface area contributed by atoms with Gasteiger partial charge in [-0.1, -0.05) is 0 Å². The number of rotatable bonds is 4. The third-order valence-electron chi connectivity index (χ3n) is 0.310. The van der Waals surface area contributed by atoms with Crippen LogP contribution in [0.5, 0.6) is 0 Å². The first-order chi connectivity index (χ1) is 4.06. The molecule has 0 saturated heterocycles. The van der Waals surface area contributed by atoms with Crippen LogP contribution in [-0.2, 0) is 14.1 Å². The molecule has 0 aromatic rings. The molecule has 0 amide bonds. The van der Waals surface area contributed by atoms with Crippen molar-refractivity contribution in [2.45, 2.75) is 0 Å². The first-order valence-electron chi connectivity index (χ1n) is 1.99. The molecule has 9 heavy (non-hydrogen) atoms. The van der Waals surface area contributed by atoms with Crippen LogP contribution in [-0.4, -0.2) is 23.1 Å². The standard InChI is InChI=1S/C2H6FO5P/c3-1-2-7-8-9(4,5)6/h1-2H2,(H2,4,5,6). The van der Waals surface area contributed by atoms with Crippen molar-refractivity contribution in [2.75, 3.05) is 13.3 Å². The predicted molar refractivity (Wildman–Crippen MR) is 25.1 cm³/mol. The van der Waals surface area contributed by atoms with Crippen LogP contribution in [0.3, 0.4) is 0 Å². The van der Waals surface area contributed by atoms with Crippen LogP contribution in [0.4, 0.5) is 4.39 Å². The van der Waals surface area contributed by atoms with E-state index in [9.17, 15) is 8.96 Å². The average Bonchev–Trinajstić information content (AvgIpc) is 1.63. The van der Waals surface area contributed by atoms with Crippen molar-refractivity contribution in [3.8, 4) is 0 Å². The van der Waals surface area contributed by atoms with E-state index in [2.05, 4.69) is 9.56 Å². The van der Waals surface area contributed by atoms with E-state index >= 15 is 0 Å². The fraction of sp³-hybridized carbons (Fsp3) is 1.00.